The molecule has 0 N–H and O–H groups in total. The Hall–Kier alpha value is -3.12. The summed E-state index contributed by atoms with van der Waals surface area (Å²) in [5.74, 6) is -1.80. The molecule has 1 atom stereocenters. The Morgan fingerprint density at radius 1 is 1.15 bits per heavy atom. The third-order valence-corrected chi connectivity index (χ3v) is 6.09. The van der Waals surface area contributed by atoms with Crippen molar-refractivity contribution in [3.8, 4) is 0 Å². The van der Waals surface area contributed by atoms with Gasteiger partial charge in [0, 0.05) is 23.3 Å². The molecule has 0 saturated heterocycles. The van der Waals surface area contributed by atoms with E-state index < -0.39 is 35.2 Å². The molecular weight excluding hydrogens is 489 g/mol. The molecule has 13 heteroatoms. The van der Waals surface area contributed by atoms with Crippen molar-refractivity contribution in [2.45, 2.75) is 12.2 Å². The molecule has 1 amide bonds. The third-order valence-electron chi connectivity index (χ3n) is 5.42. The average Bonchev–Trinajstić information content (AvgIpc) is 3.40. The molecule has 170 valence electrons. The molecule has 6 nitrogen and oxygen atoms in total. The van der Waals surface area contributed by atoms with Gasteiger partial charge in [0.2, 0.25) is 0 Å². The van der Waals surface area contributed by atoms with Crippen LogP contribution in [0.5, 0.6) is 0 Å². The quantitative estimate of drug-likeness (QED) is 0.339. The molecular formula is C20H11ClF5N5OS. The fraction of sp³-hybridized carbons (Fsp3) is 0.150. The number of imidazole rings is 1. The first kappa shape index (κ1) is 21.7. The van der Waals surface area contributed by atoms with Crippen LogP contribution in [0, 0.1) is 5.82 Å². The highest BCUT2D eigenvalue weighted by Gasteiger charge is 2.50. The van der Waals surface area contributed by atoms with E-state index in [0.717, 1.165) is 19.6 Å². The van der Waals surface area contributed by atoms with Crippen LogP contribution in [0.25, 0.3) is 11.0 Å². The van der Waals surface area contributed by atoms with E-state index >= 15 is 0 Å². The van der Waals surface area contributed by atoms with E-state index in [4.69, 9.17) is 11.6 Å². The van der Waals surface area contributed by atoms with E-state index in [2.05, 4.69) is 10.1 Å². The number of carbonyl (C=O) groups is 1. The van der Waals surface area contributed by atoms with Gasteiger partial charge in [0.25, 0.3) is 5.91 Å². The molecule has 1 aliphatic rings. The predicted molar refractivity (Wildman–Crippen MR) is 112 cm³/mol. The minimum absolute atomic E-state index is 0.0619. The maximum absolute atomic E-state index is 15.0. The Bertz CT molecular complexity index is 1430. The first-order valence-corrected chi connectivity index (χ1v) is 10.4. The van der Waals surface area contributed by atoms with Crippen molar-refractivity contribution < 1.29 is 26.2 Å². The highest BCUT2D eigenvalue weighted by molar-refractivity contribution is 7.92. The van der Waals surface area contributed by atoms with E-state index in [0.29, 0.717) is 11.0 Å². The van der Waals surface area contributed by atoms with Crippen LogP contribution in [-0.4, -0.2) is 24.6 Å². The number of aromatic nitrogens is 4. The molecule has 1 unspecified atom stereocenters. The second-order valence-corrected chi connectivity index (χ2v) is 8.25. The number of hydrogen-bond donors (Lipinski definition) is 0. The van der Waals surface area contributed by atoms with Gasteiger partial charge in [0.15, 0.2) is 18.0 Å². The van der Waals surface area contributed by atoms with Crippen LogP contribution in [0.2, 0.25) is 5.02 Å². The lowest BCUT2D eigenvalue weighted by Crippen LogP contribution is -2.31. The number of rotatable bonds is 3. The van der Waals surface area contributed by atoms with Crippen LogP contribution in [0.4, 0.5) is 27.1 Å². The van der Waals surface area contributed by atoms with Crippen molar-refractivity contribution in [1.29, 1.82) is 0 Å². The summed E-state index contributed by atoms with van der Waals surface area (Å²) >= 11 is 5.77. The van der Waals surface area contributed by atoms with Crippen molar-refractivity contribution in [2.75, 3.05) is 4.90 Å². The zero-order valence-corrected chi connectivity index (χ0v) is 18.0. The lowest BCUT2D eigenvalue weighted by Gasteiger charge is -2.27. The van der Waals surface area contributed by atoms with Crippen molar-refractivity contribution in [2.24, 2.45) is 7.05 Å². The van der Waals surface area contributed by atoms with E-state index in [1.165, 1.54) is 43.7 Å². The SMILES string of the molecule is Cn1nc(C(F)(F)F)c2c1C(c1ccc(Cl)cc1F)N(c1ccc3c(c1)ncn3SF)C2=O. The standard InChI is InChI=1S/C20H11ClF5N5OS/c1-29-17-15(18(28-29)20(23,24)25)19(32)31(16(17)11-4-2-9(21)6-12(11)22)10-3-5-14-13(7-10)27-8-30(14)33-26/h2-8,16H,1H3. The number of halogens is 6. The number of hydrogen-bond acceptors (Lipinski definition) is 4. The highest BCUT2D eigenvalue weighted by atomic mass is 35.5. The van der Waals surface area contributed by atoms with Gasteiger partial charge < -0.3 is 0 Å². The number of nitrogens with zero attached hydrogens (tertiary/aromatic N) is 5. The largest absolute Gasteiger partial charge is 0.435 e. The van der Waals surface area contributed by atoms with Crippen LogP contribution in [0.15, 0.2) is 42.7 Å². The van der Waals surface area contributed by atoms with Crippen molar-refractivity contribution in [3.63, 3.8) is 0 Å². The summed E-state index contributed by atoms with van der Waals surface area (Å²) in [6.07, 6.45) is -3.68. The number of alkyl halides is 3. The Balaban J connectivity index is 1.76. The first-order valence-electron chi connectivity index (χ1n) is 9.30. The minimum Gasteiger partial charge on any atom is -0.295 e. The van der Waals surface area contributed by atoms with E-state index in [1.54, 1.807) is 0 Å². The zero-order chi connectivity index (χ0) is 23.7. The third kappa shape index (κ3) is 3.27. The number of amides is 1. The summed E-state index contributed by atoms with van der Waals surface area (Å²) in [5.41, 5.74) is -1.34. The molecule has 2 aromatic carbocycles. The molecule has 0 spiro atoms. The molecule has 0 fully saturated rings. The van der Waals surface area contributed by atoms with Gasteiger partial charge in [0.05, 0.1) is 22.3 Å². The van der Waals surface area contributed by atoms with Crippen molar-refractivity contribution in [3.05, 3.63) is 76.1 Å². The molecule has 1 aliphatic heterocycles. The highest BCUT2D eigenvalue weighted by Crippen LogP contribution is 2.47. The number of aryl methyl sites for hydroxylation is 1. The Kier molecular flexibility index (Phi) is 4.90. The second kappa shape index (κ2) is 7.45. The number of benzene rings is 2. The van der Waals surface area contributed by atoms with Crippen LogP contribution in [0.1, 0.15) is 33.4 Å². The summed E-state index contributed by atoms with van der Waals surface area (Å²) in [4.78, 5) is 18.5. The number of fused-ring (bicyclic) bond motifs is 2. The number of carbonyl (C=O) groups excluding carboxylic acids is 1. The van der Waals surface area contributed by atoms with Gasteiger partial charge in [-0.3, -0.25) is 14.4 Å². The van der Waals surface area contributed by atoms with E-state index in [1.807, 2.05) is 0 Å². The predicted octanol–water partition coefficient (Wildman–Crippen LogP) is 5.71. The van der Waals surface area contributed by atoms with Gasteiger partial charge >= 0.3 is 6.18 Å². The fourth-order valence-corrected chi connectivity index (χ4v) is 4.55. The van der Waals surface area contributed by atoms with Crippen LogP contribution in [0.3, 0.4) is 0 Å². The summed E-state index contributed by atoms with van der Waals surface area (Å²) in [7, 11) is 1.26. The normalized spacial score (nSPS) is 16.2. The van der Waals surface area contributed by atoms with Gasteiger partial charge in [-0.25, -0.2) is 13.3 Å². The van der Waals surface area contributed by atoms with Crippen LogP contribution < -0.4 is 4.90 Å². The maximum Gasteiger partial charge on any atom is 0.435 e. The Labute approximate surface area is 192 Å². The molecule has 2 aromatic heterocycles. The molecule has 33 heavy (non-hydrogen) atoms. The minimum atomic E-state index is -4.90. The molecule has 0 aliphatic carbocycles. The lowest BCUT2D eigenvalue weighted by molar-refractivity contribution is -0.141. The van der Waals surface area contributed by atoms with Crippen LogP contribution in [-0.2, 0) is 13.2 Å². The molecule has 3 heterocycles. The molecule has 0 saturated carbocycles. The zero-order valence-electron chi connectivity index (χ0n) is 16.4. The molecule has 4 aromatic rings. The van der Waals surface area contributed by atoms with Crippen LogP contribution >= 0.6 is 23.9 Å². The summed E-state index contributed by atoms with van der Waals surface area (Å²) < 4.78 is 71.1. The fourth-order valence-electron chi connectivity index (χ4n) is 4.08. The maximum atomic E-state index is 15.0. The van der Waals surface area contributed by atoms with E-state index in [9.17, 15) is 26.2 Å². The smallest absolute Gasteiger partial charge is 0.295 e. The Morgan fingerprint density at radius 3 is 2.58 bits per heavy atom. The summed E-state index contributed by atoms with van der Waals surface area (Å²) in [5, 5.41) is 3.59. The Morgan fingerprint density at radius 2 is 1.91 bits per heavy atom. The molecule has 0 bridgehead atoms. The van der Waals surface area contributed by atoms with Crippen molar-refractivity contribution >= 4 is 46.6 Å². The van der Waals surface area contributed by atoms with Gasteiger partial charge in [0.1, 0.15) is 18.2 Å². The lowest BCUT2D eigenvalue weighted by atomic mass is 10.0. The number of anilines is 1. The summed E-state index contributed by atoms with van der Waals surface area (Å²) in [6.45, 7) is 0. The topological polar surface area (TPSA) is 56.0 Å². The van der Waals surface area contributed by atoms with E-state index in [-0.39, 0.29) is 34.3 Å². The van der Waals surface area contributed by atoms with Crippen molar-refractivity contribution in [1.82, 2.24) is 18.7 Å². The molecule has 5 rings (SSSR count). The van der Waals surface area contributed by atoms with Gasteiger partial charge in [-0.1, -0.05) is 17.7 Å². The summed E-state index contributed by atoms with van der Waals surface area (Å²) in [6, 6.07) is 6.78. The molecule has 0 radical (unpaired) electrons. The average molecular weight is 500 g/mol. The van der Waals surface area contributed by atoms with Gasteiger partial charge in [-0.2, -0.15) is 18.3 Å². The monoisotopic (exact) mass is 499 g/mol. The first-order chi connectivity index (χ1) is 15.6. The van der Waals surface area contributed by atoms with Gasteiger partial charge in [-0.15, -0.1) is 3.89 Å². The second-order valence-electron chi connectivity index (χ2n) is 7.29. The van der Waals surface area contributed by atoms with Gasteiger partial charge in [-0.05, 0) is 30.3 Å².